The van der Waals surface area contributed by atoms with Gasteiger partial charge in [0.2, 0.25) is 5.91 Å². The average Bonchev–Trinajstić information content (AvgIpc) is 2.98. The van der Waals surface area contributed by atoms with Crippen molar-refractivity contribution in [3.8, 4) is 0 Å². The summed E-state index contributed by atoms with van der Waals surface area (Å²) in [5.74, 6) is -0.477. The lowest BCUT2D eigenvalue weighted by Gasteiger charge is -2.34. The van der Waals surface area contributed by atoms with Gasteiger partial charge >= 0.3 is 5.97 Å². The monoisotopic (exact) mass is 412 g/mol. The summed E-state index contributed by atoms with van der Waals surface area (Å²) in [5.41, 5.74) is 5.14. The molecule has 0 aliphatic carbocycles. The summed E-state index contributed by atoms with van der Waals surface area (Å²) in [6, 6.07) is 7.95. The molecule has 0 radical (unpaired) electrons. The van der Waals surface area contributed by atoms with Crippen LogP contribution in [0.4, 0.5) is 11.4 Å². The molecule has 3 rings (SSSR count). The normalized spacial score (nSPS) is 14.6. The quantitative estimate of drug-likeness (QED) is 0.739. The number of hydrogen-bond acceptors (Lipinski definition) is 5. The third-order valence-electron chi connectivity index (χ3n) is 5.72. The van der Waals surface area contributed by atoms with E-state index in [4.69, 9.17) is 4.74 Å². The van der Waals surface area contributed by atoms with E-state index >= 15 is 0 Å². The lowest BCUT2D eigenvalue weighted by Crippen LogP contribution is -2.44. The van der Waals surface area contributed by atoms with Gasteiger partial charge in [0.25, 0.3) is 0 Å². The molecule has 0 bridgehead atoms. The molecule has 1 N–H and O–H groups in total. The van der Waals surface area contributed by atoms with Gasteiger partial charge in [0, 0.05) is 48.9 Å². The Kier molecular flexibility index (Phi) is 6.82. The number of aromatic nitrogens is 1. The summed E-state index contributed by atoms with van der Waals surface area (Å²) >= 11 is 0. The lowest BCUT2D eigenvalue weighted by atomic mass is 10.1. The van der Waals surface area contributed by atoms with Crippen LogP contribution in [0.5, 0.6) is 0 Å². The van der Waals surface area contributed by atoms with Crippen LogP contribution in [-0.4, -0.2) is 61.2 Å². The molecule has 1 aromatic heterocycles. The summed E-state index contributed by atoms with van der Waals surface area (Å²) in [6.45, 7) is 12.1. The Bertz CT molecular complexity index is 927. The van der Waals surface area contributed by atoms with Crippen molar-refractivity contribution in [2.24, 2.45) is 0 Å². The molecule has 1 amide bonds. The van der Waals surface area contributed by atoms with Crippen molar-refractivity contribution in [2.45, 2.75) is 34.2 Å². The highest BCUT2D eigenvalue weighted by atomic mass is 16.5. The number of carbonyl (C=O) groups is 2. The number of benzene rings is 1. The number of hydrogen-bond donors (Lipinski definition) is 1. The highest BCUT2D eigenvalue weighted by Gasteiger charge is 2.19. The molecule has 162 valence electrons. The Hall–Kier alpha value is -2.80. The number of ether oxygens (including phenoxy) is 1. The predicted molar refractivity (Wildman–Crippen MR) is 119 cm³/mol. The first-order valence-electron chi connectivity index (χ1n) is 10.5. The van der Waals surface area contributed by atoms with Crippen molar-refractivity contribution in [3.05, 3.63) is 46.8 Å². The van der Waals surface area contributed by atoms with E-state index in [0.717, 1.165) is 48.8 Å². The van der Waals surface area contributed by atoms with Crippen molar-refractivity contribution in [1.82, 2.24) is 9.47 Å². The van der Waals surface area contributed by atoms with Gasteiger partial charge in [-0.2, -0.15) is 0 Å². The SMILES string of the molecule is CCOC(=O)c1cc(C)n(CC(=O)Nc2ccc(N3CCN(C)CC3)cc2C)c1C. The van der Waals surface area contributed by atoms with E-state index in [2.05, 4.69) is 34.3 Å². The first kappa shape index (κ1) is 21.9. The number of nitrogens with one attached hydrogen (secondary N) is 1. The first-order chi connectivity index (χ1) is 14.3. The number of esters is 1. The number of likely N-dealkylation sites (N-methyl/N-ethyl adjacent to an activating group) is 1. The molecule has 2 aromatic rings. The minimum Gasteiger partial charge on any atom is -0.462 e. The second-order valence-corrected chi connectivity index (χ2v) is 7.93. The maximum atomic E-state index is 12.7. The number of piperazine rings is 1. The number of amides is 1. The van der Waals surface area contributed by atoms with Crippen LogP contribution in [-0.2, 0) is 16.1 Å². The molecular weight excluding hydrogens is 380 g/mol. The van der Waals surface area contributed by atoms with Crippen molar-refractivity contribution in [3.63, 3.8) is 0 Å². The molecule has 7 nitrogen and oxygen atoms in total. The molecule has 30 heavy (non-hydrogen) atoms. The molecular formula is C23H32N4O3. The number of nitrogens with zero attached hydrogens (tertiary/aromatic N) is 3. The van der Waals surface area contributed by atoms with Crippen molar-refractivity contribution < 1.29 is 14.3 Å². The number of aryl methyl sites for hydroxylation is 2. The maximum Gasteiger partial charge on any atom is 0.339 e. The van der Waals surface area contributed by atoms with E-state index in [1.54, 1.807) is 13.0 Å². The molecule has 1 aromatic carbocycles. The smallest absolute Gasteiger partial charge is 0.339 e. The fourth-order valence-electron chi connectivity index (χ4n) is 3.84. The van der Waals surface area contributed by atoms with Crippen molar-refractivity contribution in [1.29, 1.82) is 0 Å². The zero-order chi connectivity index (χ0) is 21.8. The highest BCUT2D eigenvalue weighted by Crippen LogP contribution is 2.24. The highest BCUT2D eigenvalue weighted by molar-refractivity contribution is 5.93. The van der Waals surface area contributed by atoms with Crippen LogP contribution in [0.2, 0.25) is 0 Å². The molecule has 0 saturated carbocycles. The maximum absolute atomic E-state index is 12.7. The Morgan fingerprint density at radius 3 is 2.40 bits per heavy atom. The van der Waals surface area contributed by atoms with E-state index in [9.17, 15) is 9.59 Å². The first-order valence-corrected chi connectivity index (χ1v) is 10.5. The fraction of sp³-hybridized carbons (Fsp3) is 0.478. The van der Waals surface area contributed by atoms with Gasteiger partial charge < -0.3 is 24.4 Å². The zero-order valence-corrected chi connectivity index (χ0v) is 18.6. The van der Waals surface area contributed by atoms with Gasteiger partial charge in [-0.15, -0.1) is 0 Å². The molecule has 0 unspecified atom stereocenters. The Balaban J connectivity index is 1.67. The van der Waals surface area contributed by atoms with Crippen LogP contribution in [0.25, 0.3) is 0 Å². The fourth-order valence-corrected chi connectivity index (χ4v) is 3.84. The predicted octanol–water partition coefficient (Wildman–Crippen LogP) is 2.98. The van der Waals surface area contributed by atoms with Crippen LogP contribution < -0.4 is 10.2 Å². The standard InChI is InChI=1S/C23H32N4O3/c1-6-30-23(29)20-14-17(3)27(18(20)4)15-22(28)24-21-8-7-19(13-16(21)2)26-11-9-25(5)10-12-26/h7-8,13-14H,6,9-12,15H2,1-5H3,(H,24,28). The Morgan fingerprint density at radius 2 is 1.77 bits per heavy atom. The average molecular weight is 413 g/mol. The van der Waals surface area contributed by atoms with Crippen LogP contribution in [0, 0.1) is 20.8 Å². The minimum atomic E-state index is -0.354. The van der Waals surface area contributed by atoms with Gasteiger partial charge in [-0.1, -0.05) is 0 Å². The van der Waals surface area contributed by atoms with Crippen LogP contribution in [0.3, 0.4) is 0 Å². The van der Waals surface area contributed by atoms with Crippen molar-refractivity contribution in [2.75, 3.05) is 50.1 Å². The topological polar surface area (TPSA) is 66.8 Å². The van der Waals surface area contributed by atoms with E-state index < -0.39 is 0 Å². The summed E-state index contributed by atoms with van der Waals surface area (Å²) in [5, 5.41) is 3.01. The third kappa shape index (κ3) is 4.84. The van der Waals surface area contributed by atoms with E-state index in [-0.39, 0.29) is 18.4 Å². The number of carbonyl (C=O) groups excluding carboxylic acids is 2. The minimum absolute atomic E-state index is 0.123. The van der Waals surface area contributed by atoms with Gasteiger partial charge in [-0.3, -0.25) is 4.79 Å². The summed E-state index contributed by atoms with van der Waals surface area (Å²) < 4.78 is 6.94. The summed E-state index contributed by atoms with van der Waals surface area (Å²) in [7, 11) is 2.14. The Morgan fingerprint density at radius 1 is 1.07 bits per heavy atom. The molecule has 2 heterocycles. The molecule has 1 aliphatic heterocycles. The van der Waals surface area contributed by atoms with Gasteiger partial charge in [0.05, 0.1) is 12.2 Å². The second kappa shape index (κ2) is 9.34. The van der Waals surface area contributed by atoms with Gasteiger partial charge in [0.15, 0.2) is 0 Å². The molecule has 1 saturated heterocycles. The van der Waals surface area contributed by atoms with Crippen LogP contribution >= 0.6 is 0 Å². The van der Waals surface area contributed by atoms with Crippen LogP contribution in [0.1, 0.15) is 34.2 Å². The largest absolute Gasteiger partial charge is 0.462 e. The number of rotatable bonds is 6. The van der Waals surface area contributed by atoms with Crippen LogP contribution in [0.15, 0.2) is 24.3 Å². The third-order valence-corrected chi connectivity index (χ3v) is 5.72. The molecule has 0 spiro atoms. The number of anilines is 2. The molecule has 1 aliphatic rings. The van der Waals surface area contributed by atoms with Gasteiger partial charge in [-0.25, -0.2) is 4.79 Å². The second-order valence-electron chi connectivity index (χ2n) is 7.93. The Labute approximate surface area is 178 Å². The molecule has 7 heteroatoms. The summed E-state index contributed by atoms with van der Waals surface area (Å²) in [6.07, 6.45) is 0. The van der Waals surface area contributed by atoms with Crippen molar-refractivity contribution >= 4 is 23.3 Å². The zero-order valence-electron chi connectivity index (χ0n) is 18.6. The van der Waals surface area contributed by atoms with E-state index in [1.165, 1.54) is 5.69 Å². The molecule has 1 fully saturated rings. The van der Waals surface area contributed by atoms with Gasteiger partial charge in [-0.05, 0) is 64.6 Å². The van der Waals surface area contributed by atoms with E-state index in [1.807, 2.05) is 31.4 Å². The van der Waals surface area contributed by atoms with E-state index in [0.29, 0.717) is 12.2 Å². The summed E-state index contributed by atoms with van der Waals surface area (Å²) in [4.78, 5) is 29.5. The lowest BCUT2D eigenvalue weighted by molar-refractivity contribution is -0.116. The van der Waals surface area contributed by atoms with Gasteiger partial charge in [0.1, 0.15) is 6.54 Å². The molecule has 0 atom stereocenters.